The van der Waals surface area contributed by atoms with Crippen LogP contribution in [0.3, 0.4) is 0 Å². The highest BCUT2D eigenvalue weighted by atomic mass is 35.5. The Morgan fingerprint density at radius 1 is 0.960 bits per heavy atom. The highest BCUT2D eigenvalue weighted by molar-refractivity contribution is 7.13. The molecule has 25 heavy (non-hydrogen) atoms. The summed E-state index contributed by atoms with van der Waals surface area (Å²) in [6.45, 7) is 5.12. The molecule has 0 saturated carbocycles. The fourth-order valence-corrected chi connectivity index (χ4v) is 4.01. The monoisotopic (exact) mass is 369 g/mol. The average Bonchev–Trinajstić information content (AvgIpc) is 3.19. The van der Waals surface area contributed by atoms with E-state index in [0.29, 0.717) is 5.02 Å². The van der Waals surface area contributed by atoms with Crippen LogP contribution in [0.4, 0.5) is 5.82 Å². The van der Waals surface area contributed by atoms with Crippen molar-refractivity contribution >= 4 is 28.8 Å². The minimum absolute atomic E-state index is 0.688. The van der Waals surface area contributed by atoms with Crippen LogP contribution >= 0.6 is 22.9 Å². The summed E-state index contributed by atoms with van der Waals surface area (Å²) < 4.78 is 0. The van der Waals surface area contributed by atoms with E-state index < -0.39 is 0 Å². The van der Waals surface area contributed by atoms with Crippen LogP contribution < -0.4 is 4.90 Å². The number of hydrogen-bond donors (Lipinski definition) is 0. The van der Waals surface area contributed by atoms with Crippen molar-refractivity contribution in [2.45, 2.75) is 6.54 Å². The summed E-state index contributed by atoms with van der Waals surface area (Å²) in [5, 5.41) is 2.81. The number of hydrogen-bond acceptors (Lipinski definition) is 4. The van der Waals surface area contributed by atoms with Gasteiger partial charge in [0.15, 0.2) is 0 Å². The van der Waals surface area contributed by atoms with Crippen LogP contribution in [0.2, 0.25) is 5.02 Å². The van der Waals surface area contributed by atoms with E-state index in [0.717, 1.165) is 38.5 Å². The van der Waals surface area contributed by atoms with Gasteiger partial charge in [-0.15, -0.1) is 11.3 Å². The molecule has 0 aliphatic carbocycles. The van der Waals surface area contributed by atoms with Crippen LogP contribution in [-0.2, 0) is 6.54 Å². The first-order chi connectivity index (χ1) is 12.3. The fourth-order valence-electron chi connectivity index (χ4n) is 3.17. The molecule has 2 aromatic heterocycles. The zero-order valence-electron chi connectivity index (χ0n) is 13.9. The lowest BCUT2D eigenvalue weighted by atomic mass is 10.1. The van der Waals surface area contributed by atoms with Crippen LogP contribution in [0, 0.1) is 0 Å². The standard InChI is InChI=1S/C20H20ClN3S/c21-18-7-8-20(22-14-18)24-11-9-23(10-12-24)15-16-3-5-17(6-4-16)19-2-1-13-25-19/h1-8,13-14H,9-12,15H2. The second-order valence-electron chi connectivity index (χ2n) is 6.27. The van der Waals surface area contributed by atoms with Gasteiger partial charge in [-0.2, -0.15) is 0 Å². The maximum atomic E-state index is 5.92. The minimum atomic E-state index is 0.688. The zero-order valence-corrected chi connectivity index (χ0v) is 15.5. The predicted molar refractivity (Wildman–Crippen MR) is 106 cm³/mol. The third-order valence-electron chi connectivity index (χ3n) is 4.57. The maximum absolute atomic E-state index is 5.92. The smallest absolute Gasteiger partial charge is 0.128 e. The fraction of sp³-hybridized carbons (Fsp3) is 0.250. The Balaban J connectivity index is 1.33. The Bertz CT molecular complexity index is 792. The van der Waals surface area contributed by atoms with Gasteiger partial charge in [-0.25, -0.2) is 4.98 Å². The van der Waals surface area contributed by atoms with Gasteiger partial charge in [0.2, 0.25) is 0 Å². The minimum Gasteiger partial charge on any atom is -0.354 e. The first-order valence-corrected chi connectivity index (χ1v) is 9.75. The molecule has 1 aliphatic rings. The van der Waals surface area contributed by atoms with Gasteiger partial charge in [0.1, 0.15) is 5.82 Å². The van der Waals surface area contributed by atoms with Crippen molar-refractivity contribution in [2.24, 2.45) is 0 Å². The molecular formula is C20H20ClN3S. The molecule has 3 heterocycles. The Morgan fingerprint density at radius 3 is 2.40 bits per heavy atom. The molecule has 0 unspecified atom stereocenters. The molecule has 0 bridgehead atoms. The van der Waals surface area contributed by atoms with E-state index in [1.165, 1.54) is 16.0 Å². The number of anilines is 1. The normalized spacial score (nSPS) is 15.5. The molecule has 1 aromatic carbocycles. The molecule has 3 nitrogen and oxygen atoms in total. The van der Waals surface area contributed by atoms with Crippen molar-refractivity contribution in [3.05, 3.63) is 70.7 Å². The van der Waals surface area contributed by atoms with Crippen molar-refractivity contribution in [3.8, 4) is 10.4 Å². The predicted octanol–water partition coefficient (Wildman–Crippen LogP) is 4.79. The molecule has 0 atom stereocenters. The van der Waals surface area contributed by atoms with E-state index in [1.54, 1.807) is 17.5 Å². The van der Waals surface area contributed by atoms with Gasteiger partial charge in [-0.05, 0) is 34.7 Å². The van der Waals surface area contributed by atoms with E-state index in [2.05, 4.69) is 56.6 Å². The Labute approximate surface area is 157 Å². The summed E-state index contributed by atoms with van der Waals surface area (Å²) in [6, 6.07) is 17.1. The molecule has 0 N–H and O–H groups in total. The van der Waals surface area contributed by atoms with Gasteiger partial charge < -0.3 is 4.90 Å². The summed E-state index contributed by atoms with van der Waals surface area (Å²) in [5.41, 5.74) is 2.68. The summed E-state index contributed by atoms with van der Waals surface area (Å²) in [6.07, 6.45) is 1.72. The maximum Gasteiger partial charge on any atom is 0.128 e. The third kappa shape index (κ3) is 4.03. The number of rotatable bonds is 4. The highest BCUT2D eigenvalue weighted by Gasteiger charge is 2.18. The van der Waals surface area contributed by atoms with Crippen LogP contribution in [-0.4, -0.2) is 36.1 Å². The van der Waals surface area contributed by atoms with E-state index in [-0.39, 0.29) is 0 Å². The van der Waals surface area contributed by atoms with Crippen molar-refractivity contribution in [3.63, 3.8) is 0 Å². The van der Waals surface area contributed by atoms with Gasteiger partial charge >= 0.3 is 0 Å². The molecule has 1 saturated heterocycles. The van der Waals surface area contributed by atoms with Crippen LogP contribution in [0.5, 0.6) is 0 Å². The van der Waals surface area contributed by atoms with Crippen LogP contribution in [0.1, 0.15) is 5.56 Å². The molecule has 1 fully saturated rings. The molecule has 0 amide bonds. The number of aromatic nitrogens is 1. The largest absolute Gasteiger partial charge is 0.354 e. The molecule has 3 aromatic rings. The van der Waals surface area contributed by atoms with Crippen molar-refractivity contribution in [1.82, 2.24) is 9.88 Å². The number of nitrogens with zero attached hydrogens (tertiary/aromatic N) is 3. The average molecular weight is 370 g/mol. The van der Waals surface area contributed by atoms with Gasteiger partial charge in [0.25, 0.3) is 0 Å². The summed E-state index contributed by atoms with van der Waals surface area (Å²) >= 11 is 7.71. The topological polar surface area (TPSA) is 19.4 Å². The van der Waals surface area contributed by atoms with Gasteiger partial charge in [0.05, 0.1) is 5.02 Å². The third-order valence-corrected chi connectivity index (χ3v) is 5.72. The Hall–Kier alpha value is -1.88. The Morgan fingerprint density at radius 2 is 1.76 bits per heavy atom. The number of pyridine rings is 1. The first-order valence-electron chi connectivity index (χ1n) is 8.49. The summed E-state index contributed by atoms with van der Waals surface area (Å²) in [4.78, 5) is 10.6. The van der Waals surface area contributed by atoms with Crippen LogP contribution in [0.25, 0.3) is 10.4 Å². The molecule has 0 spiro atoms. The van der Waals surface area contributed by atoms with E-state index >= 15 is 0 Å². The lowest BCUT2D eigenvalue weighted by Gasteiger charge is -2.35. The van der Waals surface area contributed by atoms with Gasteiger partial charge in [-0.3, -0.25) is 4.90 Å². The molecule has 4 rings (SSSR count). The van der Waals surface area contributed by atoms with Crippen molar-refractivity contribution < 1.29 is 0 Å². The van der Waals surface area contributed by atoms with Crippen molar-refractivity contribution in [1.29, 1.82) is 0 Å². The molecule has 1 aliphatic heterocycles. The zero-order chi connectivity index (χ0) is 17.1. The van der Waals surface area contributed by atoms with Gasteiger partial charge in [0, 0.05) is 43.8 Å². The van der Waals surface area contributed by atoms with Crippen molar-refractivity contribution in [2.75, 3.05) is 31.1 Å². The van der Waals surface area contributed by atoms with E-state index in [1.807, 2.05) is 12.1 Å². The number of thiophene rings is 1. The lowest BCUT2D eigenvalue weighted by Crippen LogP contribution is -2.46. The molecule has 0 radical (unpaired) electrons. The first kappa shape index (κ1) is 16.6. The highest BCUT2D eigenvalue weighted by Crippen LogP contribution is 2.25. The number of halogens is 1. The Kier molecular flexibility index (Phi) is 5.02. The number of piperazine rings is 1. The summed E-state index contributed by atoms with van der Waals surface area (Å²) in [7, 11) is 0. The molecular weight excluding hydrogens is 350 g/mol. The molecule has 128 valence electrons. The van der Waals surface area contributed by atoms with Crippen LogP contribution in [0.15, 0.2) is 60.1 Å². The quantitative estimate of drug-likeness (QED) is 0.659. The lowest BCUT2D eigenvalue weighted by molar-refractivity contribution is 0.249. The van der Waals surface area contributed by atoms with E-state index in [4.69, 9.17) is 11.6 Å². The summed E-state index contributed by atoms with van der Waals surface area (Å²) in [5.74, 6) is 1.02. The SMILES string of the molecule is Clc1ccc(N2CCN(Cc3ccc(-c4cccs4)cc3)CC2)nc1. The second-order valence-corrected chi connectivity index (χ2v) is 7.66. The van der Waals surface area contributed by atoms with E-state index in [9.17, 15) is 0 Å². The number of benzene rings is 1. The molecule has 5 heteroatoms. The second kappa shape index (κ2) is 7.56. The van der Waals surface area contributed by atoms with Gasteiger partial charge in [-0.1, -0.05) is 41.9 Å².